The first kappa shape index (κ1) is 12.0. The molecule has 3 aromatic rings. The summed E-state index contributed by atoms with van der Waals surface area (Å²) in [5.74, 6) is 0.236. The predicted molar refractivity (Wildman–Crippen MR) is 82.6 cm³/mol. The Morgan fingerprint density at radius 1 is 0.952 bits per heavy atom. The highest BCUT2D eigenvalue weighted by Crippen LogP contribution is 2.38. The van der Waals surface area contributed by atoms with Crippen molar-refractivity contribution in [3.8, 4) is 5.75 Å². The summed E-state index contributed by atoms with van der Waals surface area (Å²) in [6.45, 7) is 0.459. The summed E-state index contributed by atoms with van der Waals surface area (Å²) < 4.78 is 0. The third-order valence-electron chi connectivity index (χ3n) is 3.90. The van der Waals surface area contributed by atoms with Gasteiger partial charge in [0, 0.05) is 10.9 Å². The molecule has 0 fully saturated rings. The van der Waals surface area contributed by atoms with Gasteiger partial charge in [-0.1, -0.05) is 36.4 Å². The maximum atomic E-state index is 12.6. The van der Waals surface area contributed by atoms with Gasteiger partial charge in [0.2, 0.25) is 0 Å². The number of benzene rings is 3. The SMILES string of the molecule is O=C1c2cccc3cccc(c23)N1Cc1cccc(O)c1. The lowest BCUT2D eigenvalue weighted by molar-refractivity contribution is 0.0991. The number of aromatic hydroxyl groups is 1. The average Bonchev–Trinajstić information content (AvgIpc) is 2.76. The molecule has 1 amide bonds. The Morgan fingerprint density at radius 2 is 1.71 bits per heavy atom. The van der Waals surface area contributed by atoms with Crippen LogP contribution in [0.2, 0.25) is 0 Å². The lowest BCUT2D eigenvalue weighted by atomic mass is 10.1. The molecule has 1 heterocycles. The second kappa shape index (κ2) is 4.35. The van der Waals surface area contributed by atoms with Crippen LogP contribution in [-0.2, 0) is 6.54 Å². The number of amides is 1. The molecule has 0 radical (unpaired) electrons. The highest BCUT2D eigenvalue weighted by molar-refractivity contribution is 6.24. The molecule has 1 aliphatic heterocycles. The minimum absolute atomic E-state index is 0.0187. The van der Waals surface area contributed by atoms with Gasteiger partial charge in [-0.15, -0.1) is 0 Å². The van der Waals surface area contributed by atoms with Gasteiger partial charge in [-0.05, 0) is 35.2 Å². The van der Waals surface area contributed by atoms with E-state index < -0.39 is 0 Å². The Bertz CT molecular complexity index is 865. The zero-order valence-electron chi connectivity index (χ0n) is 11.3. The van der Waals surface area contributed by atoms with E-state index >= 15 is 0 Å². The fourth-order valence-electron chi connectivity index (χ4n) is 2.97. The number of anilines is 1. The molecular formula is C18H13NO2. The van der Waals surface area contributed by atoms with Crippen LogP contribution in [0.5, 0.6) is 5.75 Å². The highest BCUT2D eigenvalue weighted by Gasteiger charge is 2.29. The molecule has 0 aliphatic carbocycles. The summed E-state index contributed by atoms with van der Waals surface area (Å²) in [6.07, 6.45) is 0. The molecule has 3 aromatic carbocycles. The standard InChI is InChI=1S/C18H13NO2/c20-14-7-1-4-12(10-14)11-19-16-9-3-6-13-5-2-8-15(17(13)16)18(19)21/h1-10,20H,11H2. The topological polar surface area (TPSA) is 40.5 Å². The molecule has 3 heteroatoms. The van der Waals surface area contributed by atoms with Crippen LogP contribution in [0.1, 0.15) is 15.9 Å². The Hall–Kier alpha value is -2.81. The molecule has 0 spiro atoms. The van der Waals surface area contributed by atoms with Crippen LogP contribution in [0.25, 0.3) is 10.8 Å². The van der Waals surface area contributed by atoms with Gasteiger partial charge in [0.1, 0.15) is 5.75 Å². The fraction of sp³-hybridized carbons (Fsp3) is 0.0556. The zero-order valence-corrected chi connectivity index (χ0v) is 11.3. The molecule has 102 valence electrons. The van der Waals surface area contributed by atoms with Crippen molar-refractivity contribution in [2.24, 2.45) is 0 Å². The Balaban J connectivity index is 1.82. The number of carbonyl (C=O) groups is 1. The minimum atomic E-state index is 0.0187. The van der Waals surface area contributed by atoms with E-state index in [1.54, 1.807) is 23.1 Å². The smallest absolute Gasteiger partial charge is 0.259 e. The van der Waals surface area contributed by atoms with Crippen LogP contribution in [0.3, 0.4) is 0 Å². The first-order valence-corrected chi connectivity index (χ1v) is 6.85. The Morgan fingerprint density at radius 3 is 2.52 bits per heavy atom. The summed E-state index contributed by atoms with van der Waals surface area (Å²) in [7, 11) is 0. The van der Waals surface area contributed by atoms with Gasteiger partial charge in [0.05, 0.1) is 12.2 Å². The monoisotopic (exact) mass is 275 g/mol. The molecule has 0 unspecified atom stereocenters. The van der Waals surface area contributed by atoms with Crippen molar-refractivity contribution in [3.63, 3.8) is 0 Å². The van der Waals surface area contributed by atoms with Crippen molar-refractivity contribution in [1.29, 1.82) is 0 Å². The highest BCUT2D eigenvalue weighted by atomic mass is 16.3. The number of carbonyl (C=O) groups excluding carboxylic acids is 1. The summed E-state index contributed by atoms with van der Waals surface area (Å²) in [5, 5.41) is 11.7. The van der Waals surface area contributed by atoms with Crippen molar-refractivity contribution in [2.75, 3.05) is 4.90 Å². The van der Waals surface area contributed by atoms with E-state index in [0.717, 1.165) is 27.6 Å². The number of nitrogens with zero attached hydrogens (tertiary/aromatic N) is 1. The van der Waals surface area contributed by atoms with Crippen molar-refractivity contribution in [2.45, 2.75) is 6.54 Å². The minimum Gasteiger partial charge on any atom is -0.508 e. The van der Waals surface area contributed by atoms with Gasteiger partial charge in [-0.3, -0.25) is 4.79 Å². The largest absolute Gasteiger partial charge is 0.508 e. The first-order chi connectivity index (χ1) is 10.2. The van der Waals surface area contributed by atoms with Crippen LogP contribution in [-0.4, -0.2) is 11.0 Å². The molecule has 1 aliphatic rings. The van der Waals surface area contributed by atoms with Crippen LogP contribution in [0.15, 0.2) is 60.7 Å². The van der Waals surface area contributed by atoms with Crippen LogP contribution in [0, 0.1) is 0 Å². The zero-order chi connectivity index (χ0) is 14.4. The quantitative estimate of drug-likeness (QED) is 0.774. The third-order valence-corrected chi connectivity index (χ3v) is 3.90. The summed E-state index contributed by atoms with van der Waals surface area (Å²) in [6, 6.07) is 18.8. The van der Waals surface area contributed by atoms with Gasteiger partial charge in [-0.25, -0.2) is 0 Å². The lowest BCUT2D eigenvalue weighted by Gasteiger charge is -2.17. The van der Waals surface area contributed by atoms with Gasteiger partial charge >= 0.3 is 0 Å². The maximum absolute atomic E-state index is 12.6. The summed E-state index contributed by atoms with van der Waals surface area (Å²) in [4.78, 5) is 14.4. The number of hydrogen-bond donors (Lipinski definition) is 1. The van der Waals surface area contributed by atoms with E-state index in [1.165, 1.54) is 0 Å². The van der Waals surface area contributed by atoms with E-state index in [0.29, 0.717) is 6.54 Å². The molecule has 4 rings (SSSR count). The molecule has 0 saturated carbocycles. The molecule has 0 bridgehead atoms. The molecule has 0 aromatic heterocycles. The number of rotatable bonds is 2. The predicted octanol–water partition coefficient (Wildman–Crippen LogP) is 3.71. The molecule has 3 nitrogen and oxygen atoms in total. The fourth-order valence-corrected chi connectivity index (χ4v) is 2.97. The van der Waals surface area contributed by atoms with Crippen molar-refractivity contribution in [3.05, 3.63) is 71.8 Å². The maximum Gasteiger partial charge on any atom is 0.259 e. The first-order valence-electron chi connectivity index (χ1n) is 6.85. The van der Waals surface area contributed by atoms with Crippen molar-refractivity contribution in [1.82, 2.24) is 0 Å². The second-order valence-corrected chi connectivity index (χ2v) is 5.24. The molecular weight excluding hydrogens is 262 g/mol. The Kier molecular flexibility index (Phi) is 2.48. The van der Waals surface area contributed by atoms with Crippen molar-refractivity contribution < 1.29 is 9.90 Å². The second-order valence-electron chi connectivity index (χ2n) is 5.24. The number of phenols is 1. The molecule has 0 saturated heterocycles. The third kappa shape index (κ3) is 1.78. The average molecular weight is 275 g/mol. The van der Waals surface area contributed by atoms with Gasteiger partial charge in [0.25, 0.3) is 5.91 Å². The Labute approximate surface area is 122 Å². The van der Waals surface area contributed by atoms with Crippen LogP contribution < -0.4 is 4.90 Å². The van der Waals surface area contributed by atoms with Gasteiger partial charge < -0.3 is 10.0 Å². The number of phenolic OH excluding ortho intramolecular Hbond substituents is 1. The van der Waals surface area contributed by atoms with Gasteiger partial charge in [-0.2, -0.15) is 0 Å². The van der Waals surface area contributed by atoms with E-state index in [9.17, 15) is 9.90 Å². The molecule has 1 N–H and O–H groups in total. The normalized spacial score (nSPS) is 13.1. The van der Waals surface area contributed by atoms with Gasteiger partial charge in [0.15, 0.2) is 0 Å². The van der Waals surface area contributed by atoms with Crippen molar-refractivity contribution >= 4 is 22.4 Å². The van der Waals surface area contributed by atoms with E-state index in [-0.39, 0.29) is 11.7 Å². The number of hydrogen-bond acceptors (Lipinski definition) is 2. The lowest BCUT2D eigenvalue weighted by Crippen LogP contribution is -2.25. The van der Waals surface area contributed by atoms with Crippen LogP contribution >= 0.6 is 0 Å². The summed E-state index contributed by atoms with van der Waals surface area (Å²) in [5.41, 5.74) is 2.60. The van der Waals surface area contributed by atoms with E-state index in [4.69, 9.17) is 0 Å². The summed E-state index contributed by atoms with van der Waals surface area (Å²) >= 11 is 0. The van der Waals surface area contributed by atoms with E-state index in [1.807, 2.05) is 42.5 Å². The molecule has 0 atom stereocenters. The molecule has 21 heavy (non-hydrogen) atoms. The van der Waals surface area contributed by atoms with E-state index in [2.05, 4.69) is 0 Å². The van der Waals surface area contributed by atoms with Crippen LogP contribution in [0.4, 0.5) is 5.69 Å².